The van der Waals surface area contributed by atoms with Crippen LogP contribution >= 0.6 is 0 Å². The standard InChI is InChI=1S/C19H30BFN4O2/c1-18(2)19(3,4)27-20(26-18)17(21)10-15-12-25(23-22-15)13-16-6-5-9-24(16)11-14-7-8-14/h10,12,14,16H,5-9,11,13H2,1-4H3. The molecule has 27 heavy (non-hydrogen) atoms. The van der Waals surface area contributed by atoms with E-state index in [1.165, 1.54) is 44.8 Å². The maximum absolute atomic E-state index is 14.6. The Bertz CT molecular complexity index is 700. The highest BCUT2D eigenvalue weighted by Gasteiger charge is 2.53. The van der Waals surface area contributed by atoms with Gasteiger partial charge in [-0.2, -0.15) is 0 Å². The third-order valence-electron chi connectivity index (χ3n) is 6.41. The second kappa shape index (κ2) is 6.97. The second-order valence-electron chi connectivity index (χ2n) is 9.22. The molecule has 0 aromatic carbocycles. The molecule has 1 aliphatic carbocycles. The molecule has 3 aliphatic rings. The van der Waals surface area contributed by atoms with Crippen molar-refractivity contribution in [2.45, 2.75) is 77.2 Å². The van der Waals surface area contributed by atoms with Crippen LogP contribution in [-0.2, 0) is 15.9 Å². The Morgan fingerprint density at radius 2 is 1.93 bits per heavy atom. The molecule has 1 aromatic heterocycles. The van der Waals surface area contributed by atoms with Crippen molar-refractivity contribution < 1.29 is 13.7 Å². The van der Waals surface area contributed by atoms with E-state index in [1.807, 2.05) is 32.4 Å². The predicted octanol–water partition coefficient (Wildman–Crippen LogP) is 3.09. The number of aromatic nitrogens is 3. The quantitative estimate of drug-likeness (QED) is 0.715. The molecule has 0 amide bonds. The normalized spacial score (nSPS) is 28.3. The van der Waals surface area contributed by atoms with Gasteiger partial charge in [-0.05, 0) is 71.9 Å². The maximum atomic E-state index is 14.6. The Kier molecular flexibility index (Phi) is 4.93. The fourth-order valence-corrected chi connectivity index (χ4v) is 3.82. The third kappa shape index (κ3) is 4.12. The Labute approximate surface area is 161 Å². The fourth-order valence-electron chi connectivity index (χ4n) is 3.82. The zero-order valence-corrected chi connectivity index (χ0v) is 16.8. The summed E-state index contributed by atoms with van der Waals surface area (Å²) in [6, 6.07) is 0.511. The van der Waals surface area contributed by atoms with Gasteiger partial charge in [0.2, 0.25) is 0 Å². The molecule has 0 N–H and O–H groups in total. The molecule has 0 radical (unpaired) electrons. The van der Waals surface area contributed by atoms with E-state index in [2.05, 4.69) is 15.2 Å². The van der Waals surface area contributed by atoms with Gasteiger partial charge in [-0.15, -0.1) is 5.10 Å². The van der Waals surface area contributed by atoms with Crippen molar-refractivity contribution in [3.63, 3.8) is 0 Å². The first kappa shape index (κ1) is 19.1. The van der Waals surface area contributed by atoms with Gasteiger partial charge in [0.1, 0.15) is 11.4 Å². The van der Waals surface area contributed by atoms with Gasteiger partial charge in [-0.25, -0.2) is 4.39 Å². The van der Waals surface area contributed by atoms with Gasteiger partial charge in [0.15, 0.2) is 0 Å². The highest BCUT2D eigenvalue weighted by atomic mass is 19.1. The van der Waals surface area contributed by atoms with E-state index in [-0.39, 0.29) is 0 Å². The molecule has 4 rings (SSSR count). The number of likely N-dealkylation sites (tertiary alicyclic amines) is 1. The predicted molar refractivity (Wildman–Crippen MR) is 103 cm³/mol. The smallest absolute Gasteiger partial charge is 0.398 e. The molecular formula is C19H30BFN4O2. The molecule has 1 unspecified atom stereocenters. The maximum Gasteiger partial charge on any atom is 0.525 e. The van der Waals surface area contributed by atoms with E-state index < -0.39 is 24.0 Å². The van der Waals surface area contributed by atoms with Gasteiger partial charge >= 0.3 is 7.12 Å². The summed E-state index contributed by atoms with van der Waals surface area (Å²) in [5.74, 6) is 0.897. The number of halogens is 1. The molecule has 1 aromatic rings. The first-order valence-corrected chi connectivity index (χ1v) is 10.1. The average molecular weight is 376 g/mol. The van der Waals surface area contributed by atoms with Crippen molar-refractivity contribution in [3.05, 3.63) is 17.6 Å². The summed E-state index contributed by atoms with van der Waals surface area (Å²) in [5, 5.41) is 8.30. The SMILES string of the molecule is CC1(C)OB(C(F)=Cc2cn(CC3CCCN3CC3CC3)nn2)OC1(C)C. The summed E-state index contributed by atoms with van der Waals surface area (Å²) in [6.45, 7) is 10.8. The Morgan fingerprint density at radius 3 is 2.59 bits per heavy atom. The van der Waals surface area contributed by atoms with Crippen molar-refractivity contribution in [1.82, 2.24) is 19.9 Å². The van der Waals surface area contributed by atoms with E-state index in [4.69, 9.17) is 9.31 Å². The molecule has 1 atom stereocenters. The van der Waals surface area contributed by atoms with Crippen molar-refractivity contribution in [2.75, 3.05) is 13.1 Å². The number of hydrogen-bond acceptors (Lipinski definition) is 5. The molecule has 3 heterocycles. The van der Waals surface area contributed by atoms with Crippen LogP contribution in [0.5, 0.6) is 0 Å². The van der Waals surface area contributed by atoms with Crippen LogP contribution in [-0.4, -0.2) is 57.3 Å². The fraction of sp³-hybridized carbons (Fsp3) is 0.789. The molecular weight excluding hydrogens is 346 g/mol. The van der Waals surface area contributed by atoms with Crippen LogP contribution in [0.15, 0.2) is 11.9 Å². The van der Waals surface area contributed by atoms with E-state index >= 15 is 0 Å². The van der Waals surface area contributed by atoms with E-state index in [0.717, 1.165) is 12.5 Å². The van der Waals surface area contributed by atoms with Gasteiger partial charge in [0.05, 0.1) is 23.9 Å². The first-order valence-electron chi connectivity index (χ1n) is 10.1. The largest absolute Gasteiger partial charge is 0.525 e. The van der Waals surface area contributed by atoms with E-state index in [0.29, 0.717) is 11.7 Å². The molecule has 2 saturated heterocycles. The topological polar surface area (TPSA) is 52.4 Å². The molecule has 0 bridgehead atoms. The lowest BCUT2D eigenvalue weighted by molar-refractivity contribution is 0.00578. The van der Waals surface area contributed by atoms with Crippen LogP contribution in [0.4, 0.5) is 4.39 Å². The monoisotopic (exact) mass is 376 g/mol. The van der Waals surface area contributed by atoms with Gasteiger partial charge in [-0.1, -0.05) is 5.21 Å². The Morgan fingerprint density at radius 1 is 1.22 bits per heavy atom. The second-order valence-corrected chi connectivity index (χ2v) is 9.22. The van der Waals surface area contributed by atoms with Crippen LogP contribution in [0.1, 0.15) is 59.1 Å². The van der Waals surface area contributed by atoms with Crippen LogP contribution in [0, 0.1) is 5.92 Å². The van der Waals surface area contributed by atoms with Crippen molar-refractivity contribution >= 4 is 13.2 Å². The van der Waals surface area contributed by atoms with Crippen LogP contribution in [0.2, 0.25) is 0 Å². The molecule has 2 aliphatic heterocycles. The molecule has 0 spiro atoms. The van der Waals surface area contributed by atoms with E-state index in [9.17, 15) is 4.39 Å². The van der Waals surface area contributed by atoms with Crippen molar-refractivity contribution in [2.24, 2.45) is 5.92 Å². The molecule has 1 saturated carbocycles. The minimum atomic E-state index is -0.996. The molecule has 8 heteroatoms. The third-order valence-corrected chi connectivity index (χ3v) is 6.41. The zero-order valence-electron chi connectivity index (χ0n) is 16.8. The highest BCUT2D eigenvalue weighted by molar-refractivity contribution is 6.54. The van der Waals surface area contributed by atoms with Gasteiger partial charge in [-0.3, -0.25) is 9.58 Å². The lowest BCUT2D eigenvalue weighted by Gasteiger charge is -2.32. The zero-order chi connectivity index (χ0) is 19.2. The Balaban J connectivity index is 1.38. The summed E-state index contributed by atoms with van der Waals surface area (Å²) in [5.41, 5.74) is -1.10. The van der Waals surface area contributed by atoms with Gasteiger partial charge in [0.25, 0.3) is 0 Å². The summed E-state index contributed by atoms with van der Waals surface area (Å²) >= 11 is 0. The molecule has 3 fully saturated rings. The minimum Gasteiger partial charge on any atom is -0.398 e. The average Bonchev–Trinajstić information content (AvgIpc) is 3.02. The lowest BCUT2D eigenvalue weighted by Crippen LogP contribution is -2.41. The van der Waals surface area contributed by atoms with Gasteiger partial charge in [0, 0.05) is 12.6 Å². The lowest BCUT2D eigenvalue weighted by atomic mass is 9.87. The van der Waals surface area contributed by atoms with Crippen LogP contribution in [0.3, 0.4) is 0 Å². The van der Waals surface area contributed by atoms with Gasteiger partial charge < -0.3 is 9.31 Å². The van der Waals surface area contributed by atoms with Crippen molar-refractivity contribution in [3.8, 4) is 0 Å². The van der Waals surface area contributed by atoms with Crippen LogP contribution < -0.4 is 0 Å². The number of nitrogens with zero attached hydrogens (tertiary/aromatic N) is 4. The summed E-state index contributed by atoms with van der Waals surface area (Å²) in [4.78, 5) is 2.58. The van der Waals surface area contributed by atoms with Crippen molar-refractivity contribution in [1.29, 1.82) is 0 Å². The number of rotatable bonds is 6. The number of hydrogen-bond donors (Lipinski definition) is 0. The summed E-state index contributed by atoms with van der Waals surface area (Å²) < 4.78 is 27.9. The van der Waals surface area contributed by atoms with E-state index in [1.54, 1.807) is 6.20 Å². The molecule has 6 nitrogen and oxygen atoms in total. The summed E-state index contributed by atoms with van der Waals surface area (Å²) in [6.07, 6.45) is 8.36. The Hall–Kier alpha value is -1.25. The minimum absolute atomic E-state index is 0.475. The highest BCUT2D eigenvalue weighted by Crippen LogP contribution is 2.39. The van der Waals surface area contributed by atoms with Crippen LogP contribution in [0.25, 0.3) is 6.08 Å². The summed E-state index contributed by atoms with van der Waals surface area (Å²) in [7, 11) is -0.996. The molecule has 148 valence electrons. The first-order chi connectivity index (χ1) is 12.7.